The van der Waals surface area contributed by atoms with Crippen LogP contribution in [-0.4, -0.2) is 55.2 Å². The van der Waals surface area contributed by atoms with E-state index in [4.69, 9.17) is 9.47 Å². The Morgan fingerprint density at radius 3 is 3.18 bits per heavy atom. The first-order chi connectivity index (χ1) is 10.7. The van der Waals surface area contributed by atoms with Gasteiger partial charge >= 0.3 is 0 Å². The van der Waals surface area contributed by atoms with Crippen LogP contribution in [0.25, 0.3) is 5.52 Å². The molecule has 0 aromatic carbocycles. The number of hydrogen-bond donors (Lipinski definition) is 0. The van der Waals surface area contributed by atoms with Crippen LogP contribution in [0, 0.1) is 11.3 Å². The van der Waals surface area contributed by atoms with Crippen LogP contribution in [0.2, 0.25) is 0 Å². The normalized spacial score (nSPS) is 27.5. The van der Waals surface area contributed by atoms with E-state index in [0.29, 0.717) is 25.7 Å². The molecule has 5 nitrogen and oxygen atoms in total. The average molecular weight is 300 g/mol. The standard InChI is InChI=1S/C17H20N2O3/c1-21-11-17-10-18(8-13(17)9-22-12-17)16(20)15-6-5-14-4-2-3-7-19(14)15/h2-7,13H,8-12H2,1H3/t13-,17-/m0/s1. The average Bonchev–Trinajstić information content (AvgIpc) is 3.18. The molecule has 0 bridgehead atoms. The molecule has 4 rings (SSSR count). The zero-order valence-corrected chi connectivity index (χ0v) is 12.7. The summed E-state index contributed by atoms with van der Waals surface area (Å²) in [6.45, 7) is 3.52. The van der Waals surface area contributed by atoms with Crippen LogP contribution in [0.1, 0.15) is 10.5 Å². The molecule has 2 aromatic rings. The predicted octanol–water partition coefficient (Wildman–Crippen LogP) is 1.67. The maximum atomic E-state index is 12.9. The van der Waals surface area contributed by atoms with Crippen LogP contribution in [0.3, 0.4) is 0 Å². The van der Waals surface area contributed by atoms with Gasteiger partial charge in [-0.2, -0.15) is 0 Å². The highest BCUT2D eigenvalue weighted by molar-refractivity contribution is 5.94. The predicted molar refractivity (Wildman–Crippen MR) is 81.9 cm³/mol. The second kappa shape index (κ2) is 5.11. The third-order valence-electron chi connectivity index (χ3n) is 5.02. The Kier molecular flexibility index (Phi) is 3.20. The van der Waals surface area contributed by atoms with Crippen molar-refractivity contribution in [2.75, 3.05) is 40.0 Å². The Labute approximate surface area is 129 Å². The topological polar surface area (TPSA) is 43.2 Å². The van der Waals surface area contributed by atoms with Crippen LogP contribution >= 0.6 is 0 Å². The molecule has 2 aliphatic rings. The van der Waals surface area contributed by atoms with Crippen LogP contribution in [0.15, 0.2) is 36.5 Å². The van der Waals surface area contributed by atoms with Crippen molar-refractivity contribution < 1.29 is 14.3 Å². The number of carbonyl (C=O) groups excluding carboxylic acids is 1. The molecular formula is C17H20N2O3. The molecule has 2 aromatic heterocycles. The number of nitrogens with zero attached hydrogens (tertiary/aromatic N) is 2. The minimum Gasteiger partial charge on any atom is -0.384 e. The Hall–Kier alpha value is -1.85. The third-order valence-corrected chi connectivity index (χ3v) is 5.02. The lowest BCUT2D eigenvalue weighted by Crippen LogP contribution is -2.37. The molecule has 22 heavy (non-hydrogen) atoms. The Morgan fingerprint density at radius 2 is 2.32 bits per heavy atom. The smallest absolute Gasteiger partial charge is 0.270 e. The minimum absolute atomic E-state index is 0.0303. The van der Waals surface area contributed by atoms with Gasteiger partial charge in [-0.25, -0.2) is 0 Å². The van der Waals surface area contributed by atoms with Gasteiger partial charge < -0.3 is 18.8 Å². The Morgan fingerprint density at radius 1 is 1.41 bits per heavy atom. The third kappa shape index (κ3) is 1.96. The number of amides is 1. The molecular weight excluding hydrogens is 280 g/mol. The summed E-state index contributed by atoms with van der Waals surface area (Å²) in [6, 6.07) is 9.83. The molecule has 2 atom stereocenters. The largest absolute Gasteiger partial charge is 0.384 e. The zero-order valence-electron chi connectivity index (χ0n) is 12.7. The fraction of sp³-hybridized carbons (Fsp3) is 0.471. The summed E-state index contributed by atoms with van der Waals surface area (Å²) < 4.78 is 13.0. The van der Waals surface area contributed by atoms with Gasteiger partial charge in [0, 0.05) is 43.2 Å². The van der Waals surface area contributed by atoms with Crippen molar-refractivity contribution in [2.45, 2.75) is 0 Å². The van der Waals surface area contributed by atoms with Crippen LogP contribution in [-0.2, 0) is 9.47 Å². The first kappa shape index (κ1) is 13.8. The van der Waals surface area contributed by atoms with Gasteiger partial charge in [-0.3, -0.25) is 4.79 Å². The molecule has 0 N–H and O–H groups in total. The van der Waals surface area contributed by atoms with Gasteiger partial charge in [0.15, 0.2) is 0 Å². The highest BCUT2D eigenvalue weighted by atomic mass is 16.5. The lowest BCUT2D eigenvalue weighted by atomic mass is 9.82. The van der Waals surface area contributed by atoms with Gasteiger partial charge in [0.05, 0.1) is 19.8 Å². The fourth-order valence-electron chi connectivity index (χ4n) is 3.87. The number of pyridine rings is 1. The number of hydrogen-bond acceptors (Lipinski definition) is 3. The van der Waals surface area contributed by atoms with Crippen LogP contribution < -0.4 is 0 Å². The molecule has 0 aliphatic carbocycles. The quantitative estimate of drug-likeness (QED) is 0.866. The van der Waals surface area contributed by atoms with Crippen molar-refractivity contribution in [3.05, 3.63) is 42.2 Å². The summed E-state index contributed by atoms with van der Waals surface area (Å²) in [5.74, 6) is 0.471. The number of ether oxygens (including phenoxy) is 2. The van der Waals surface area contributed by atoms with E-state index in [9.17, 15) is 4.79 Å². The summed E-state index contributed by atoms with van der Waals surface area (Å²) in [7, 11) is 1.72. The van der Waals surface area contributed by atoms with Gasteiger partial charge in [-0.15, -0.1) is 0 Å². The van der Waals surface area contributed by atoms with E-state index in [0.717, 1.165) is 24.4 Å². The molecule has 2 aliphatic heterocycles. The summed E-state index contributed by atoms with van der Waals surface area (Å²) in [5.41, 5.74) is 1.74. The molecule has 0 radical (unpaired) electrons. The summed E-state index contributed by atoms with van der Waals surface area (Å²) in [5, 5.41) is 0. The molecule has 116 valence electrons. The number of carbonyl (C=O) groups is 1. The van der Waals surface area contributed by atoms with Gasteiger partial charge in [-0.1, -0.05) is 6.07 Å². The second-order valence-corrected chi connectivity index (χ2v) is 6.41. The van der Waals surface area contributed by atoms with E-state index in [1.807, 2.05) is 45.8 Å². The van der Waals surface area contributed by atoms with E-state index in [1.165, 1.54) is 0 Å². The van der Waals surface area contributed by atoms with Crippen molar-refractivity contribution in [3.8, 4) is 0 Å². The number of methoxy groups -OCH3 is 1. The first-order valence-electron chi connectivity index (χ1n) is 7.66. The molecule has 5 heteroatoms. The molecule has 0 saturated carbocycles. The van der Waals surface area contributed by atoms with Crippen molar-refractivity contribution >= 4 is 11.4 Å². The van der Waals surface area contributed by atoms with Gasteiger partial charge in [0.2, 0.25) is 0 Å². The lowest BCUT2D eigenvalue weighted by Gasteiger charge is -2.25. The second-order valence-electron chi connectivity index (χ2n) is 6.41. The first-order valence-corrected chi connectivity index (χ1v) is 7.66. The fourth-order valence-corrected chi connectivity index (χ4v) is 3.87. The summed E-state index contributed by atoms with van der Waals surface area (Å²) in [4.78, 5) is 14.9. The SMILES string of the molecule is COC[C@@]12COC[C@@H]1CN(C(=O)c1ccc3ccccn13)C2. The van der Waals surface area contributed by atoms with Gasteiger partial charge in [-0.05, 0) is 24.3 Å². The van der Waals surface area contributed by atoms with E-state index < -0.39 is 0 Å². The van der Waals surface area contributed by atoms with Crippen molar-refractivity contribution in [2.24, 2.45) is 11.3 Å². The van der Waals surface area contributed by atoms with Crippen molar-refractivity contribution in [1.82, 2.24) is 9.30 Å². The van der Waals surface area contributed by atoms with Crippen LogP contribution in [0.5, 0.6) is 0 Å². The molecule has 0 unspecified atom stereocenters. The number of fused-ring (bicyclic) bond motifs is 2. The Balaban J connectivity index is 1.62. The molecule has 4 heterocycles. The lowest BCUT2D eigenvalue weighted by molar-refractivity contribution is 0.0486. The number of likely N-dealkylation sites (tertiary alicyclic amines) is 1. The maximum Gasteiger partial charge on any atom is 0.270 e. The van der Waals surface area contributed by atoms with E-state index in [-0.39, 0.29) is 11.3 Å². The van der Waals surface area contributed by atoms with Crippen molar-refractivity contribution in [1.29, 1.82) is 0 Å². The molecule has 1 amide bonds. The maximum absolute atomic E-state index is 12.9. The highest BCUT2D eigenvalue weighted by Gasteiger charge is 2.52. The van der Waals surface area contributed by atoms with E-state index in [2.05, 4.69) is 0 Å². The summed E-state index contributed by atoms with van der Waals surface area (Å²) >= 11 is 0. The zero-order chi connectivity index (χ0) is 15.2. The van der Waals surface area contributed by atoms with E-state index >= 15 is 0 Å². The molecule has 2 fully saturated rings. The van der Waals surface area contributed by atoms with Crippen LogP contribution in [0.4, 0.5) is 0 Å². The van der Waals surface area contributed by atoms with E-state index in [1.54, 1.807) is 7.11 Å². The summed E-state index contributed by atoms with van der Waals surface area (Å²) in [6.07, 6.45) is 1.94. The highest BCUT2D eigenvalue weighted by Crippen LogP contribution is 2.41. The number of rotatable bonds is 3. The molecule has 0 spiro atoms. The number of aromatic nitrogens is 1. The molecule has 2 saturated heterocycles. The van der Waals surface area contributed by atoms with Gasteiger partial charge in [0.25, 0.3) is 5.91 Å². The minimum atomic E-state index is -0.0303. The Bertz CT molecular complexity index is 711. The van der Waals surface area contributed by atoms with Gasteiger partial charge in [0.1, 0.15) is 5.69 Å². The van der Waals surface area contributed by atoms with Crippen molar-refractivity contribution in [3.63, 3.8) is 0 Å². The monoisotopic (exact) mass is 300 g/mol.